The number of ether oxygens (including phenoxy) is 1. The van der Waals surface area contributed by atoms with Crippen LogP contribution >= 0.6 is 11.8 Å². The summed E-state index contributed by atoms with van der Waals surface area (Å²) in [6, 6.07) is 7.87. The van der Waals surface area contributed by atoms with Gasteiger partial charge in [0.1, 0.15) is 6.07 Å². The molecule has 3 nitrogen and oxygen atoms in total. The Morgan fingerprint density at radius 1 is 1.56 bits per heavy atom. The molecule has 0 bridgehead atoms. The van der Waals surface area contributed by atoms with E-state index in [0.717, 1.165) is 10.5 Å². The fraction of sp³-hybridized carbons (Fsp3) is 0.333. The largest absolute Gasteiger partial charge is 0.469 e. The number of carbonyl (C=O) groups is 1. The van der Waals surface area contributed by atoms with E-state index in [1.807, 2.05) is 25.1 Å². The maximum Gasteiger partial charge on any atom is 0.306 e. The number of hydrogen-bond donors (Lipinski definition) is 0. The minimum atomic E-state index is -0.224. The fourth-order valence-electron chi connectivity index (χ4n) is 1.20. The zero-order valence-electron chi connectivity index (χ0n) is 9.32. The van der Waals surface area contributed by atoms with Crippen LogP contribution in [0.15, 0.2) is 23.1 Å². The normalized spacial score (nSPS) is 9.56. The lowest BCUT2D eigenvalue weighted by Crippen LogP contribution is -2.01. The number of methoxy groups -OCH3 is 1. The summed E-state index contributed by atoms with van der Waals surface area (Å²) < 4.78 is 4.55. The maximum absolute atomic E-state index is 10.9. The molecule has 0 aliphatic carbocycles. The topological polar surface area (TPSA) is 50.1 Å². The average molecular weight is 235 g/mol. The van der Waals surface area contributed by atoms with Crippen LogP contribution in [-0.2, 0) is 9.53 Å². The van der Waals surface area contributed by atoms with Crippen molar-refractivity contribution in [1.29, 1.82) is 5.26 Å². The first kappa shape index (κ1) is 12.6. The van der Waals surface area contributed by atoms with Crippen LogP contribution in [0.4, 0.5) is 0 Å². The number of esters is 1. The standard InChI is InChI=1S/C12H13NO2S/c1-9-3-4-11(10(7-9)8-13)16-6-5-12(14)15-2/h3-4,7H,5-6H2,1-2H3. The summed E-state index contributed by atoms with van der Waals surface area (Å²) in [6.07, 6.45) is 0.361. The van der Waals surface area contributed by atoms with Crippen LogP contribution in [0, 0.1) is 18.3 Å². The molecule has 0 aromatic heterocycles. The van der Waals surface area contributed by atoms with Crippen molar-refractivity contribution in [2.45, 2.75) is 18.2 Å². The molecule has 0 N–H and O–H groups in total. The number of benzene rings is 1. The summed E-state index contributed by atoms with van der Waals surface area (Å²) in [4.78, 5) is 11.8. The SMILES string of the molecule is COC(=O)CCSc1ccc(C)cc1C#N. The minimum Gasteiger partial charge on any atom is -0.469 e. The van der Waals surface area contributed by atoms with E-state index in [2.05, 4.69) is 10.8 Å². The highest BCUT2D eigenvalue weighted by atomic mass is 32.2. The van der Waals surface area contributed by atoms with E-state index in [1.165, 1.54) is 18.9 Å². The first-order valence-electron chi connectivity index (χ1n) is 4.87. The third kappa shape index (κ3) is 3.59. The van der Waals surface area contributed by atoms with Gasteiger partial charge in [-0.3, -0.25) is 4.79 Å². The highest BCUT2D eigenvalue weighted by Crippen LogP contribution is 2.23. The van der Waals surface area contributed by atoms with E-state index < -0.39 is 0 Å². The maximum atomic E-state index is 10.9. The Morgan fingerprint density at radius 3 is 2.94 bits per heavy atom. The number of nitriles is 1. The van der Waals surface area contributed by atoms with E-state index in [9.17, 15) is 4.79 Å². The molecule has 0 amide bonds. The molecule has 0 unspecified atom stereocenters. The number of thioether (sulfide) groups is 1. The van der Waals surface area contributed by atoms with Gasteiger partial charge in [0.2, 0.25) is 0 Å². The lowest BCUT2D eigenvalue weighted by atomic mass is 10.2. The van der Waals surface area contributed by atoms with Crippen molar-refractivity contribution in [2.24, 2.45) is 0 Å². The molecule has 0 aliphatic rings. The molecule has 0 atom stereocenters. The molecular formula is C12H13NO2S. The Hall–Kier alpha value is -1.47. The molecule has 4 heteroatoms. The van der Waals surface area contributed by atoms with Crippen LogP contribution in [0.1, 0.15) is 17.5 Å². The Bertz CT molecular complexity index is 424. The first-order valence-corrected chi connectivity index (χ1v) is 5.86. The van der Waals surface area contributed by atoms with E-state index >= 15 is 0 Å². The molecule has 1 aromatic carbocycles. The molecule has 0 heterocycles. The van der Waals surface area contributed by atoms with Crippen molar-refractivity contribution in [3.63, 3.8) is 0 Å². The summed E-state index contributed by atoms with van der Waals surface area (Å²) in [5, 5.41) is 8.94. The lowest BCUT2D eigenvalue weighted by Gasteiger charge is -2.04. The Labute approximate surface area is 99.4 Å². The molecule has 0 saturated heterocycles. The zero-order chi connectivity index (χ0) is 12.0. The summed E-state index contributed by atoms with van der Waals surface area (Å²) in [5.74, 6) is 0.405. The van der Waals surface area contributed by atoms with Crippen molar-refractivity contribution in [1.82, 2.24) is 0 Å². The molecule has 0 spiro atoms. The van der Waals surface area contributed by atoms with Crippen molar-refractivity contribution in [3.8, 4) is 6.07 Å². The van der Waals surface area contributed by atoms with Crippen LogP contribution in [0.25, 0.3) is 0 Å². The van der Waals surface area contributed by atoms with Crippen LogP contribution < -0.4 is 0 Å². The van der Waals surface area contributed by atoms with Gasteiger partial charge in [0.15, 0.2) is 0 Å². The second-order valence-corrected chi connectivity index (χ2v) is 4.42. The molecule has 16 heavy (non-hydrogen) atoms. The van der Waals surface area contributed by atoms with E-state index in [-0.39, 0.29) is 5.97 Å². The monoisotopic (exact) mass is 235 g/mol. The van der Waals surface area contributed by atoms with Crippen LogP contribution in [0.5, 0.6) is 0 Å². The zero-order valence-corrected chi connectivity index (χ0v) is 10.1. The van der Waals surface area contributed by atoms with Gasteiger partial charge in [-0.1, -0.05) is 6.07 Å². The number of hydrogen-bond acceptors (Lipinski definition) is 4. The molecule has 0 fully saturated rings. The molecule has 0 aliphatic heterocycles. The highest BCUT2D eigenvalue weighted by molar-refractivity contribution is 7.99. The Kier molecular flexibility index (Phi) is 4.87. The van der Waals surface area contributed by atoms with Gasteiger partial charge in [0.05, 0.1) is 19.1 Å². The summed E-state index contributed by atoms with van der Waals surface area (Å²) in [7, 11) is 1.37. The number of rotatable bonds is 4. The smallest absolute Gasteiger partial charge is 0.306 e. The third-order valence-corrected chi connectivity index (χ3v) is 3.12. The molecule has 1 aromatic rings. The van der Waals surface area contributed by atoms with Gasteiger partial charge in [0, 0.05) is 10.6 Å². The summed E-state index contributed by atoms with van der Waals surface area (Å²) >= 11 is 1.50. The fourth-order valence-corrected chi connectivity index (χ4v) is 2.12. The minimum absolute atomic E-state index is 0.224. The molecule has 0 saturated carbocycles. The van der Waals surface area contributed by atoms with Gasteiger partial charge < -0.3 is 4.74 Å². The second kappa shape index (κ2) is 6.19. The quantitative estimate of drug-likeness (QED) is 0.594. The predicted octanol–water partition coefficient (Wildman–Crippen LogP) is 2.52. The number of nitrogens with zero attached hydrogens (tertiary/aromatic N) is 1. The third-order valence-electron chi connectivity index (χ3n) is 2.05. The van der Waals surface area contributed by atoms with Crippen molar-refractivity contribution in [2.75, 3.05) is 12.9 Å². The highest BCUT2D eigenvalue weighted by Gasteiger charge is 2.05. The Balaban J connectivity index is 2.61. The molecule has 84 valence electrons. The van der Waals surface area contributed by atoms with Gasteiger partial charge in [-0.15, -0.1) is 11.8 Å². The lowest BCUT2D eigenvalue weighted by molar-refractivity contribution is -0.140. The van der Waals surface area contributed by atoms with Gasteiger partial charge in [-0.2, -0.15) is 5.26 Å². The second-order valence-electron chi connectivity index (χ2n) is 3.29. The molecule has 0 radical (unpaired) electrons. The average Bonchev–Trinajstić information content (AvgIpc) is 2.30. The van der Waals surface area contributed by atoms with Crippen LogP contribution in [0.2, 0.25) is 0 Å². The van der Waals surface area contributed by atoms with Crippen molar-refractivity contribution < 1.29 is 9.53 Å². The number of aryl methyl sites for hydroxylation is 1. The van der Waals surface area contributed by atoms with E-state index in [0.29, 0.717) is 17.7 Å². The molecular weight excluding hydrogens is 222 g/mol. The van der Waals surface area contributed by atoms with Crippen LogP contribution in [-0.4, -0.2) is 18.8 Å². The summed E-state index contributed by atoms with van der Waals surface area (Å²) in [5.41, 5.74) is 1.73. The predicted molar refractivity (Wildman–Crippen MR) is 63.3 cm³/mol. The van der Waals surface area contributed by atoms with Gasteiger partial charge >= 0.3 is 5.97 Å². The van der Waals surface area contributed by atoms with Crippen molar-refractivity contribution >= 4 is 17.7 Å². The molecule has 1 rings (SSSR count). The van der Waals surface area contributed by atoms with Crippen molar-refractivity contribution in [3.05, 3.63) is 29.3 Å². The Morgan fingerprint density at radius 2 is 2.31 bits per heavy atom. The van der Waals surface area contributed by atoms with Gasteiger partial charge in [0.25, 0.3) is 0 Å². The summed E-state index contributed by atoms with van der Waals surface area (Å²) in [6.45, 7) is 1.95. The van der Waals surface area contributed by atoms with E-state index in [1.54, 1.807) is 0 Å². The van der Waals surface area contributed by atoms with E-state index in [4.69, 9.17) is 5.26 Å². The van der Waals surface area contributed by atoms with Gasteiger partial charge in [-0.25, -0.2) is 0 Å². The number of carbonyl (C=O) groups excluding carboxylic acids is 1. The van der Waals surface area contributed by atoms with Crippen LogP contribution in [0.3, 0.4) is 0 Å². The van der Waals surface area contributed by atoms with Gasteiger partial charge in [-0.05, 0) is 24.6 Å². The first-order chi connectivity index (χ1) is 7.67.